The van der Waals surface area contributed by atoms with Gasteiger partial charge >= 0.3 is 0 Å². The van der Waals surface area contributed by atoms with Crippen LogP contribution in [0.4, 0.5) is 0 Å². The summed E-state index contributed by atoms with van der Waals surface area (Å²) >= 11 is 1.83. The number of fused-ring (bicyclic) bond motifs is 6. The Hall–Kier alpha value is -8.84. The van der Waals surface area contributed by atoms with Crippen molar-refractivity contribution in [3.8, 4) is 84.5 Å². The third kappa shape index (κ3) is 6.86. The molecule has 13 aromatic rings. The molecule has 5 nitrogen and oxygen atoms in total. The zero-order chi connectivity index (χ0) is 45.0. The topological polar surface area (TPSA) is 56.5 Å². The molecule has 0 N–H and O–H groups in total. The molecule has 6 heteroatoms. The molecule has 0 spiro atoms. The molecule has 0 amide bonds. The molecule has 68 heavy (non-hydrogen) atoms. The molecule has 13 rings (SSSR count). The second-order valence-corrected chi connectivity index (χ2v) is 18.1. The quantitative estimate of drug-likeness (QED) is 0.153. The number of hydrogen-bond acceptors (Lipinski definition) is 5. The predicted octanol–water partition coefficient (Wildman–Crippen LogP) is 16.4. The van der Waals surface area contributed by atoms with Crippen LogP contribution in [0.5, 0.6) is 0 Å². The van der Waals surface area contributed by atoms with E-state index in [1.54, 1.807) is 0 Å². The molecule has 9 aromatic carbocycles. The summed E-state index contributed by atoms with van der Waals surface area (Å²) in [5, 5.41) is 4.86. The summed E-state index contributed by atoms with van der Waals surface area (Å²) in [6.07, 6.45) is 2.03. The predicted molar refractivity (Wildman–Crippen MR) is 283 cm³/mol. The van der Waals surface area contributed by atoms with Crippen LogP contribution < -0.4 is 0 Å². The van der Waals surface area contributed by atoms with E-state index in [4.69, 9.17) is 19.9 Å². The zero-order valence-corrected chi connectivity index (χ0v) is 37.5. The second kappa shape index (κ2) is 16.5. The molecule has 318 valence electrons. The fourth-order valence-electron chi connectivity index (χ4n) is 9.75. The molecule has 0 aliphatic heterocycles. The maximum atomic E-state index is 5.47. The Morgan fingerprint density at radius 1 is 0.324 bits per heavy atom. The van der Waals surface area contributed by atoms with E-state index in [9.17, 15) is 0 Å². The van der Waals surface area contributed by atoms with Gasteiger partial charge in [-0.1, -0.05) is 182 Å². The van der Waals surface area contributed by atoms with Crippen LogP contribution in [-0.2, 0) is 0 Å². The van der Waals surface area contributed by atoms with Gasteiger partial charge in [-0.15, -0.1) is 11.3 Å². The summed E-state index contributed by atoms with van der Waals surface area (Å²) in [6, 6.07) is 81.2. The summed E-state index contributed by atoms with van der Waals surface area (Å²) in [5.74, 6) is 1.74. The minimum absolute atomic E-state index is 0.547. The third-order valence-electron chi connectivity index (χ3n) is 12.9. The van der Waals surface area contributed by atoms with Crippen LogP contribution in [0.1, 0.15) is 0 Å². The molecule has 0 saturated carbocycles. The molecule has 0 aliphatic carbocycles. The second-order valence-electron chi connectivity index (χ2n) is 17.0. The van der Waals surface area contributed by atoms with Gasteiger partial charge in [0, 0.05) is 70.6 Å². The fraction of sp³-hybridized carbons (Fsp3) is 0. The fourth-order valence-corrected chi connectivity index (χ4v) is 10.9. The highest BCUT2D eigenvalue weighted by molar-refractivity contribution is 7.25. The minimum atomic E-state index is 0.547. The first kappa shape index (κ1) is 39.5. The zero-order valence-electron chi connectivity index (χ0n) is 36.7. The van der Waals surface area contributed by atoms with Crippen molar-refractivity contribution < 1.29 is 0 Å². The van der Waals surface area contributed by atoms with Gasteiger partial charge in [0.1, 0.15) is 0 Å². The van der Waals surface area contributed by atoms with Gasteiger partial charge in [0.25, 0.3) is 0 Å². The number of aromatic nitrogens is 5. The molecule has 0 bridgehead atoms. The van der Waals surface area contributed by atoms with Crippen molar-refractivity contribution in [2.45, 2.75) is 0 Å². The number of pyridine rings is 1. The number of rotatable bonds is 8. The molecular weight excluding hydrogens is 847 g/mol. The van der Waals surface area contributed by atoms with E-state index < -0.39 is 0 Å². The Morgan fingerprint density at radius 2 is 0.868 bits per heavy atom. The highest BCUT2D eigenvalue weighted by Crippen LogP contribution is 2.45. The van der Waals surface area contributed by atoms with Gasteiger partial charge in [0.15, 0.2) is 17.5 Å². The average molecular weight is 886 g/mol. The van der Waals surface area contributed by atoms with Crippen molar-refractivity contribution in [3.05, 3.63) is 237 Å². The van der Waals surface area contributed by atoms with Crippen LogP contribution in [-0.4, -0.2) is 24.5 Å². The van der Waals surface area contributed by atoms with Crippen LogP contribution >= 0.6 is 11.3 Å². The smallest absolute Gasteiger partial charge is 0.166 e. The van der Waals surface area contributed by atoms with Crippen molar-refractivity contribution in [3.63, 3.8) is 0 Å². The number of benzene rings is 9. The molecule has 4 aromatic heterocycles. The van der Waals surface area contributed by atoms with Gasteiger partial charge in [0.05, 0.1) is 16.7 Å². The van der Waals surface area contributed by atoms with E-state index >= 15 is 0 Å². The molecule has 0 saturated heterocycles. The number of hydrogen-bond donors (Lipinski definition) is 0. The van der Waals surface area contributed by atoms with E-state index in [1.165, 1.54) is 42.0 Å². The van der Waals surface area contributed by atoms with Crippen LogP contribution in [0, 0.1) is 0 Å². The van der Waals surface area contributed by atoms with Crippen molar-refractivity contribution in [2.24, 2.45) is 0 Å². The van der Waals surface area contributed by atoms with Gasteiger partial charge < -0.3 is 4.57 Å². The summed E-state index contributed by atoms with van der Waals surface area (Å²) in [4.78, 5) is 21.2. The monoisotopic (exact) mass is 885 g/mol. The van der Waals surface area contributed by atoms with Gasteiger partial charge in [0.2, 0.25) is 0 Å². The van der Waals surface area contributed by atoms with Gasteiger partial charge in [-0.05, 0) is 76.3 Å². The van der Waals surface area contributed by atoms with Crippen LogP contribution in [0.25, 0.3) is 126 Å². The average Bonchev–Trinajstić information content (AvgIpc) is 3.95. The third-order valence-corrected chi connectivity index (χ3v) is 14.0. The first-order valence-corrected chi connectivity index (χ1v) is 23.6. The Kier molecular flexibility index (Phi) is 9.62. The Bertz CT molecular complexity index is 3880. The maximum Gasteiger partial charge on any atom is 0.166 e. The summed E-state index contributed by atoms with van der Waals surface area (Å²) in [5.41, 5.74) is 14.5. The Labute approximate surface area is 397 Å². The van der Waals surface area contributed by atoms with E-state index in [0.717, 1.165) is 67.0 Å². The van der Waals surface area contributed by atoms with E-state index in [-0.39, 0.29) is 0 Å². The number of nitrogens with zero attached hydrogens (tertiary/aromatic N) is 5. The summed E-state index contributed by atoms with van der Waals surface area (Å²) in [6.45, 7) is 0. The molecule has 4 heterocycles. The molecule has 0 unspecified atom stereocenters. The Morgan fingerprint density at radius 3 is 1.50 bits per heavy atom. The highest BCUT2D eigenvalue weighted by Gasteiger charge is 2.22. The number of para-hydroxylation sites is 2. The normalized spacial score (nSPS) is 11.5. The standard InChI is InChI=1S/C62H39N5S/c1-6-19-40(20-7-1)47-30-18-31-48(41-21-8-2-9-22-41)58(47)45-36-53(62-65-60(42-23-10-3-11-24-42)64-61(66-62)43-25-12-4-13-26-43)59(63-39-45)44-33-34-56-51(35-44)52-37-50-49-29-16-17-32-54(49)67(46-27-14-5-15-28-46)55(50)38-57(52)68-56/h1-39H. The molecule has 0 aliphatic rings. The number of thiophene rings is 1. The van der Waals surface area contributed by atoms with Crippen molar-refractivity contribution in [1.29, 1.82) is 0 Å². The molecule has 0 radical (unpaired) electrons. The lowest BCUT2D eigenvalue weighted by Gasteiger charge is -2.18. The van der Waals surface area contributed by atoms with Crippen LogP contribution in [0.15, 0.2) is 237 Å². The van der Waals surface area contributed by atoms with Crippen molar-refractivity contribution in [1.82, 2.24) is 24.5 Å². The van der Waals surface area contributed by atoms with Gasteiger partial charge in [-0.3, -0.25) is 4.98 Å². The van der Waals surface area contributed by atoms with E-state index in [2.05, 4.69) is 199 Å². The molecule has 0 atom stereocenters. The van der Waals surface area contributed by atoms with E-state index in [0.29, 0.717) is 17.5 Å². The molecular formula is C62H39N5S. The first-order valence-electron chi connectivity index (χ1n) is 22.8. The molecule has 0 fully saturated rings. The van der Waals surface area contributed by atoms with E-state index in [1.807, 2.05) is 53.9 Å². The minimum Gasteiger partial charge on any atom is -0.309 e. The Balaban J connectivity index is 1.07. The SMILES string of the molecule is c1ccc(-c2nc(-c3ccccc3)nc(-c3cc(-c4c(-c5ccccc5)cccc4-c4ccccc4)cnc3-c3ccc4sc5cc6c(cc5c4c3)c3ccccc3n6-c3ccccc3)n2)cc1. The van der Waals surface area contributed by atoms with Crippen molar-refractivity contribution >= 4 is 53.3 Å². The van der Waals surface area contributed by atoms with Gasteiger partial charge in [-0.25, -0.2) is 15.0 Å². The lowest BCUT2D eigenvalue weighted by atomic mass is 9.87. The highest BCUT2D eigenvalue weighted by atomic mass is 32.1. The lowest BCUT2D eigenvalue weighted by molar-refractivity contribution is 1.07. The van der Waals surface area contributed by atoms with Crippen LogP contribution in [0.3, 0.4) is 0 Å². The maximum absolute atomic E-state index is 5.47. The largest absolute Gasteiger partial charge is 0.309 e. The van der Waals surface area contributed by atoms with Gasteiger partial charge in [-0.2, -0.15) is 0 Å². The summed E-state index contributed by atoms with van der Waals surface area (Å²) < 4.78 is 4.84. The lowest BCUT2D eigenvalue weighted by Crippen LogP contribution is -2.02. The van der Waals surface area contributed by atoms with Crippen molar-refractivity contribution in [2.75, 3.05) is 0 Å². The first-order chi connectivity index (χ1) is 33.7. The summed E-state index contributed by atoms with van der Waals surface area (Å²) in [7, 11) is 0. The van der Waals surface area contributed by atoms with Crippen LogP contribution in [0.2, 0.25) is 0 Å².